The second kappa shape index (κ2) is 7.98. The molecule has 1 N–H and O–H groups in total. The number of anilines is 1. The van der Waals surface area contributed by atoms with Crippen molar-refractivity contribution in [1.82, 2.24) is 9.88 Å². The average molecular weight is 436 g/mol. The summed E-state index contributed by atoms with van der Waals surface area (Å²) in [6.07, 6.45) is 3.62. The van der Waals surface area contributed by atoms with Crippen molar-refractivity contribution in [2.45, 2.75) is 45.8 Å². The first kappa shape index (κ1) is 21.1. The number of β-amino-alcohol motifs (C(OH)–C–C–N with tert-alkyl or cyclic N) is 1. The number of carbonyl (C=O) groups excluding carboxylic acids is 2. The zero-order valence-corrected chi connectivity index (χ0v) is 18.6. The number of hydrogen-bond acceptors (Lipinski definition) is 6. The Balaban J connectivity index is 1.23. The first-order valence-corrected chi connectivity index (χ1v) is 11.3. The number of pyridine rings is 1. The van der Waals surface area contributed by atoms with Gasteiger partial charge in [-0.2, -0.15) is 0 Å². The first-order valence-electron chi connectivity index (χ1n) is 11.3. The molecule has 0 aliphatic carbocycles. The number of aromatic nitrogens is 1. The first-order chi connectivity index (χ1) is 15.4. The van der Waals surface area contributed by atoms with Gasteiger partial charge in [0.2, 0.25) is 5.91 Å². The van der Waals surface area contributed by atoms with Crippen LogP contribution in [-0.4, -0.2) is 53.0 Å². The van der Waals surface area contributed by atoms with E-state index >= 15 is 0 Å². The Labute approximate surface area is 188 Å². The van der Waals surface area contributed by atoms with Crippen molar-refractivity contribution in [2.24, 2.45) is 5.41 Å². The Bertz CT molecular complexity index is 1070. The number of amides is 1. The number of ether oxygens (including phenoxy) is 1. The highest BCUT2D eigenvalue weighted by atomic mass is 16.5. The Morgan fingerprint density at radius 2 is 1.88 bits per heavy atom. The molecule has 168 valence electrons. The monoisotopic (exact) mass is 435 g/mol. The van der Waals surface area contributed by atoms with Crippen LogP contribution in [-0.2, 0) is 16.1 Å². The standard InChI is InChI=1S/C25H29N3O4/c1-16-13-18(5-9-26-16)28-12-8-25(24(28)31)6-10-27(11-7-25)14-22(29)19-3-4-20-21(17(19)2)15-32-23(20)30/h3-5,9,13,22,29H,6-8,10-12,14-15H2,1-2H3/t22-/m0/s1. The van der Waals surface area contributed by atoms with Crippen LogP contribution in [0.15, 0.2) is 30.5 Å². The van der Waals surface area contributed by atoms with Crippen LogP contribution in [0, 0.1) is 19.3 Å². The van der Waals surface area contributed by atoms with Crippen molar-refractivity contribution >= 4 is 17.6 Å². The molecule has 4 heterocycles. The SMILES string of the molecule is Cc1cc(N2CCC3(CCN(C[C@H](O)c4ccc5c(c4C)COC5=O)CC3)C2=O)ccn1. The summed E-state index contributed by atoms with van der Waals surface area (Å²) < 4.78 is 5.13. The number of esters is 1. The van der Waals surface area contributed by atoms with E-state index in [0.717, 1.165) is 67.0 Å². The van der Waals surface area contributed by atoms with Crippen LogP contribution in [0.25, 0.3) is 0 Å². The van der Waals surface area contributed by atoms with Gasteiger partial charge in [0, 0.05) is 36.2 Å². The third-order valence-corrected chi connectivity index (χ3v) is 7.52. The van der Waals surface area contributed by atoms with E-state index in [1.54, 1.807) is 12.3 Å². The van der Waals surface area contributed by atoms with E-state index in [1.165, 1.54) is 0 Å². The lowest BCUT2D eigenvalue weighted by molar-refractivity contribution is -0.128. The smallest absolute Gasteiger partial charge is 0.338 e. The molecule has 1 aromatic carbocycles. The summed E-state index contributed by atoms with van der Waals surface area (Å²) in [5.74, 6) is -0.0647. The van der Waals surface area contributed by atoms with Gasteiger partial charge in [-0.15, -0.1) is 0 Å². The topological polar surface area (TPSA) is 83.0 Å². The van der Waals surface area contributed by atoms with Crippen LogP contribution in [0.2, 0.25) is 0 Å². The minimum absolute atomic E-state index is 0.224. The number of aryl methyl sites for hydroxylation is 1. The quantitative estimate of drug-likeness (QED) is 0.744. The lowest BCUT2D eigenvalue weighted by Crippen LogP contribution is -2.45. The number of hydrogen-bond donors (Lipinski definition) is 1. The number of carbonyl (C=O) groups is 2. The molecule has 7 heteroatoms. The van der Waals surface area contributed by atoms with E-state index in [0.29, 0.717) is 12.1 Å². The van der Waals surface area contributed by atoms with Crippen molar-refractivity contribution in [3.8, 4) is 0 Å². The summed E-state index contributed by atoms with van der Waals surface area (Å²) in [4.78, 5) is 33.5. The summed E-state index contributed by atoms with van der Waals surface area (Å²) in [7, 11) is 0. The number of aliphatic hydroxyl groups excluding tert-OH is 1. The molecule has 0 radical (unpaired) electrons. The molecule has 3 aliphatic rings. The minimum atomic E-state index is -0.638. The number of piperidine rings is 1. The van der Waals surface area contributed by atoms with Crippen molar-refractivity contribution in [1.29, 1.82) is 0 Å². The molecule has 5 rings (SSSR count). The van der Waals surface area contributed by atoms with Gasteiger partial charge >= 0.3 is 5.97 Å². The summed E-state index contributed by atoms with van der Waals surface area (Å²) >= 11 is 0. The maximum Gasteiger partial charge on any atom is 0.338 e. The molecular weight excluding hydrogens is 406 g/mol. The highest BCUT2D eigenvalue weighted by molar-refractivity contribution is 6.00. The highest BCUT2D eigenvalue weighted by Gasteiger charge is 2.48. The molecule has 1 spiro atoms. The molecule has 0 unspecified atom stereocenters. The second-order valence-corrected chi connectivity index (χ2v) is 9.34. The van der Waals surface area contributed by atoms with Gasteiger partial charge in [0.15, 0.2) is 0 Å². The van der Waals surface area contributed by atoms with Crippen molar-refractivity contribution in [3.05, 3.63) is 58.4 Å². The van der Waals surface area contributed by atoms with E-state index in [9.17, 15) is 14.7 Å². The Morgan fingerprint density at radius 1 is 1.12 bits per heavy atom. The predicted molar refractivity (Wildman–Crippen MR) is 119 cm³/mol. The molecule has 2 saturated heterocycles. The van der Waals surface area contributed by atoms with Gasteiger partial charge in [-0.05, 0) is 75.5 Å². The molecule has 1 amide bonds. The summed E-state index contributed by atoms with van der Waals surface area (Å²) in [6, 6.07) is 7.48. The van der Waals surface area contributed by atoms with Crippen LogP contribution in [0.1, 0.15) is 58.1 Å². The number of benzene rings is 1. The fourth-order valence-electron chi connectivity index (χ4n) is 5.46. The Kier molecular flexibility index (Phi) is 5.26. The molecule has 1 aromatic heterocycles. The molecule has 3 aliphatic heterocycles. The van der Waals surface area contributed by atoms with Gasteiger partial charge in [-0.3, -0.25) is 9.78 Å². The number of nitrogens with zero attached hydrogens (tertiary/aromatic N) is 3. The molecular formula is C25H29N3O4. The van der Waals surface area contributed by atoms with Gasteiger partial charge in [0.05, 0.1) is 17.1 Å². The molecule has 7 nitrogen and oxygen atoms in total. The molecule has 0 saturated carbocycles. The average Bonchev–Trinajstić information content (AvgIpc) is 3.31. The minimum Gasteiger partial charge on any atom is -0.457 e. The largest absolute Gasteiger partial charge is 0.457 e. The summed E-state index contributed by atoms with van der Waals surface area (Å²) in [5, 5.41) is 10.9. The summed E-state index contributed by atoms with van der Waals surface area (Å²) in [5.41, 5.74) is 4.82. The molecule has 2 fully saturated rings. The zero-order chi connectivity index (χ0) is 22.5. The van der Waals surface area contributed by atoms with Crippen LogP contribution in [0.5, 0.6) is 0 Å². The van der Waals surface area contributed by atoms with Gasteiger partial charge in [-0.25, -0.2) is 4.79 Å². The predicted octanol–water partition coefficient (Wildman–Crippen LogP) is 2.92. The summed E-state index contributed by atoms with van der Waals surface area (Å²) in [6.45, 7) is 7.01. The molecule has 1 atom stereocenters. The van der Waals surface area contributed by atoms with Crippen LogP contribution < -0.4 is 4.90 Å². The lowest BCUT2D eigenvalue weighted by atomic mass is 9.77. The van der Waals surface area contributed by atoms with Crippen molar-refractivity contribution in [3.63, 3.8) is 0 Å². The number of rotatable bonds is 4. The number of likely N-dealkylation sites (tertiary alicyclic amines) is 1. The van der Waals surface area contributed by atoms with Crippen LogP contribution in [0.3, 0.4) is 0 Å². The zero-order valence-electron chi connectivity index (χ0n) is 18.6. The van der Waals surface area contributed by atoms with Gasteiger partial charge < -0.3 is 19.6 Å². The lowest BCUT2D eigenvalue weighted by Gasteiger charge is -2.38. The highest BCUT2D eigenvalue weighted by Crippen LogP contribution is 2.43. The number of cyclic esters (lactones) is 1. The third kappa shape index (κ3) is 3.49. The fraction of sp³-hybridized carbons (Fsp3) is 0.480. The second-order valence-electron chi connectivity index (χ2n) is 9.34. The molecule has 0 bridgehead atoms. The van der Waals surface area contributed by atoms with Gasteiger partial charge in [-0.1, -0.05) is 6.07 Å². The van der Waals surface area contributed by atoms with E-state index in [2.05, 4.69) is 9.88 Å². The third-order valence-electron chi connectivity index (χ3n) is 7.52. The van der Waals surface area contributed by atoms with Crippen LogP contribution in [0.4, 0.5) is 5.69 Å². The van der Waals surface area contributed by atoms with E-state index in [1.807, 2.05) is 36.9 Å². The van der Waals surface area contributed by atoms with E-state index in [-0.39, 0.29) is 23.9 Å². The van der Waals surface area contributed by atoms with E-state index < -0.39 is 6.10 Å². The normalized spacial score (nSPS) is 21.2. The van der Waals surface area contributed by atoms with Crippen molar-refractivity contribution < 1.29 is 19.4 Å². The number of aliphatic hydroxyl groups is 1. The van der Waals surface area contributed by atoms with Crippen LogP contribution >= 0.6 is 0 Å². The van der Waals surface area contributed by atoms with E-state index in [4.69, 9.17) is 4.74 Å². The molecule has 2 aromatic rings. The number of fused-ring (bicyclic) bond motifs is 1. The fourth-order valence-corrected chi connectivity index (χ4v) is 5.46. The Hall–Kier alpha value is -2.77. The maximum atomic E-state index is 13.3. The van der Waals surface area contributed by atoms with Crippen molar-refractivity contribution in [2.75, 3.05) is 31.1 Å². The van der Waals surface area contributed by atoms with Gasteiger partial charge in [0.1, 0.15) is 6.61 Å². The Morgan fingerprint density at radius 3 is 2.62 bits per heavy atom. The molecule has 32 heavy (non-hydrogen) atoms. The van der Waals surface area contributed by atoms with Gasteiger partial charge in [0.25, 0.3) is 0 Å². The maximum absolute atomic E-state index is 13.3.